The molecule has 1 saturated heterocycles. The van der Waals surface area contributed by atoms with Crippen LogP contribution in [0.5, 0.6) is 0 Å². The Morgan fingerprint density at radius 2 is 1.81 bits per heavy atom. The Morgan fingerprint density at radius 3 is 2.47 bits per heavy atom. The molecule has 0 unspecified atom stereocenters. The second-order valence-corrected chi connectivity index (χ2v) is 10.6. The number of halogens is 4. The monoisotopic (exact) mass is 608 g/mol. The van der Waals surface area contributed by atoms with Crippen LogP contribution < -0.4 is 10.6 Å². The maximum atomic E-state index is 13.7. The first-order chi connectivity index (χ1) is 20.2. The van der Waals surface area contributed by atoms with Crippen LogP contribution in [0.15, 0.2) is 42.5 Å². The predicted octanol–water partition coefficient (Wildman–Crippen LogP) is 4.47. The molecule has 232 valence electrons. The second-order valence-electron chi connectivity index (χ2n) is 10.6. The summed E-state index contributed by atoms with van der Waals surface area (Å²) in [5.41, 5.74) is -0.0920. The smallest absolute Gasteiger partial charge is 0.418 e. The number of alkyl halides is 3. The van der Waals surface area contributed by atoms with E-state index in [2.05, 4.69) is 10.6 Å². The number of rotatable bonds is 10. The predicted molar refractivity (Wildman–Crippen MR) is 145 cm³/mol. The molecule has 2 aromatic carbocycles. The summed E-state index contributed by atoms with van der Waals surface area (Å²) in [6, 6.07) is 6.56. The number of hydrogen-bond acceptors (Lipinski definition) is 6. The normalized spacial score (nSPS) is 18.6. The standard InChI is InChI=1S/C29H32F4N4O6/c1-17(2)42-13-12-34-26(40)35-22-8-9-23-20(14-22)10-11-28(23)25(39)37(27(41)43-28)16-24(38)36(18(3)29(31,32)33)15-19-4-6-21(30)7-5-19/h4-9,14,17-18H,10-13,15-16H2,1-3H3,(H2,34,35,40)/t18-,28+/m0/s1. The topological polar surface area (TPSA) is 117 Å². The number of carbonyl (C=O) groups is 4. The molecule has 2 atom stereocenters. The molecule has 10 nitrogen and oxygen atoms in total. The first kappa shape index (κ1) is 31.7. The van der Waals surface area contributed by atoms with Crippen LogP contribution in [0.2, 0.25) is 0 Å². The van der Waals surface area contributed by atoms with Crippen LogP contribution >= 0.6 is 0 Å². The molecule has 0 radical (unpaired) electrons. The number of carbonyl (C=O) groups excluding carboxylic acids is 4. The van der Waals surface area contributed by atoms with E-state index >= 15 is 0 Å². The van der Waals surface area contributed by atoms with Gasteiger partial charge in [-0.15, -0.1) is 0 Å². The van der Waals surface area contributed by atoms with Crippen molar-refractivity contribution in [1.82, 2.24) is 15.1 Å². The average Bonchev–Trinajstić information content (AvgIpc) is 3.41. The summed E-state index contributed by atoms with van der Waals surface area (Å²) in [7, 11) is 0. The van der Waals surface area contributed by atoms with E-state index in [1.807, 2.05) is 13.8 Å². The number of aryl methyl sites for hydroxylation is 1. The molecule has 2 aliphatic rings. The summed E-state index contributed by atoms with van der Waals surface area (Å²) in [5.74, 6) is -2.61. The van der Waals surface area contributed by atoms with Crippen molar-refractivity contribution in [2.75, 3.05) is 25.0 Å². The van der Waals surface area contributed by atoms with Crippen molar-refractivity contribution in [2.24, 2.45) is 0 Å². The van der Waals surface area contributed by atoms with E-state index in [0.717, 1.165) is 19.1 Å². The fourth-order valence-corrected chi connectivity index (χ4v) is 5.00. The first-order valence-electron chi connectivity index (χ1n) is 13.7. The van der Waals surface area contributed by atoms with E-state index in [1.165, 1.54) is 24.3 Å². The highest BCUT2D eigenvalue weighted by molar-refractivity contribution is 6.06. The summed E-state index contributed by atoms with van der Waals surface area (Å²) in [6.45, 7) is 3.66. The fourth-order valence-electron chi connectivity index (χ4n) is 5.00. The van der Waals surface area contributed by atoms with Crippen molar-refractivity contribution in [3.05, 3.63) is 65.0 Å². The maximum Gasteiger partial charge on any atom is 0.418 e. The minimum atomic E-state index is -4.80. The number of imide groups is 1. The molecule has 0 saturated carbocycles. The zero-order valence-corrected chi connectivity index (χ0v) is 23.8. The minimum Gasteiger partial charge on any atom is -0.427 e. The highest BCUT2D eigenvalue weighted by atomic mass is 19.4. The minimum absolute atomic E-state index is 0.0270. The van der Waals surface area contributed by atoms with Crippen molar-refractivity contribution in [3.8, 4) is 0 Å². The number of hydrogen-bond donors (Lipinski definition) is 2. The lowest BCUT2D eigenvalue weighted by atomic mass is 9.94. The maximum absolute atomic E-state index is 13.7. The van der Waals surface area contributed by atoms with E-state index in [9.17, 15) is 36.7 Å². The van der Waals surface area contributed by atoms with Gasteiger partial charge in [0, 0.05) is 30.8 Å². The van der Waals surface area contributed by atoms with Crippen LogP contribution in [-0.4, -0.2) is 71.8 Å². The summed E-state index contributed by atoms with van der Waals surface area (Å²) < 4.78 is 65.1. The van der Waals surface area contributed by atoms with Crippen molar-refractivity contribution >= 4 is 29.6 Å². The van der Waals surface area contributed by atoms with Crippen LogP contribution in [0.1, 0.15) is 43.9 Å². The van der Waals surface area contributed by atoms with Crippen LogP contribution in [0.4, 0.5) is 32.8 Å². The van der Waals surface area contributed by atoms with Gasteiger partial charge in [-0.1, -0.05) is 18.2 Å². The number of anilines is 1. The number of nitrogens with zero attached hydrogens (tertiary/aromatic N) is 2. The van der Waals surface area contributed by atoms with Crippen LogP contribution in [0.3, 0.4) is 0 Å². The lowest BCUT2D eigenvalue weighted by Crippen LogP contribution is -2.51. The van der Waals surface area contributed by atoms with E-state index in [4.69, 9.17) is 9.47 Å². The Hall–Kier alpha value is -4.20. The molecule has 2 N–H and O–H groups in total. The van der Waals surface area contributed by atoms with Gasteiger partial charge in [0.05, 0.1) is 12.7 Å². The van der Waals surface area contributed by atoms with Crippen LogP contribution in [0, 0.1) is 5.82 Å². The number of amides is 5. The third-order valence-electron chi connectivity index (χ3n) is 7.28. The number of ether oxygens (including phenoxy) is 2. The van der Waals surface area contributed by atoms with Gasteiger partial charge >= 0.3 is 18.3 Å². The number of benzene rings is 2. The summed E-state index contributed by atoms with van der Waals surface area (Å²) in [4.78, 5) is 52.7. The number of fused-ring (bicyclic) bond motifs is 2. The molecule has 0 bridgehead atoms. The largest absolute Gasteiger partial charge is 0.427 e. The van der Waals surface area contributed by atoms with E-state index in [-0.39, 0.29) is 18.1 Å². The van der Waals surface area contributed by atoms with Crippen molar-refractivity contribution in [2.45, 2.75) is 64.1 Å². The Bertz CT molecular complexity index is 1380. The Kier molecular flexibility index (Phi) is 9.28. The molecule has 2 aromatic rings. The molecule has 1 fully saturated rings. The molecule has 14 heteroatoms. The Labute approximate surface area is 245 Å². The van der Waals surface area contributed by atoms with Gasteiger partial charge in [0.1, 0.15) is 18.4 Å². The van der Waals surface area contributed by atoms with Crippen molar-refractivity contribution in [3.63, 3.8) is 0 Å². The van der Waals surface area contributed by atoms with Gasteiger partial charge in [0.2, 0.25) is 11.5 Å². The van der Waals surface area contributed by atoms with Crippen molar-refractivity contribution < 1.29 is 46.2 Å². The third-order valence-corrected chi connectivity index (χ3v) is 7.28. The van der Waals surface area contributed by atoms with Crippen LogP contribution in [-0.2, 0) is 37.6 Å². The molecule has 0 aromatic heterocycles. The SMILES string of the molecule is CC(C)OCCNC(=O)Nc1ccc2c(c1)CC[C@@]21OC(=O)N(CC(=O)N(Cc2ccc(F)cc2)[C@@H](C)C(F)(F)F)C1=O. The van der Waals surface area contributed by atoms with Crippen molar-refractivity contribution in [1.29, 1.82) is 0 Å². The van der Waals surface area contributed by atoms with E-state index in [0.29, 0.717) is 46.2 Å². The van der Waals surface area contributed by atoms with Gasteiger partial charge < -0.3 is 25.0 Å². The zero-order valence-electron chi connectivity index (χ0n) is 23.8. The Balaban J connectivity index is 1.47. The third kappa shape index (κ3) is 7.07. The molecular weight excluding hydrogens is 576 g/mol. The highest BCUT2D eigenvalue weighted by Crippen LogP contribution is 2.46. The van der Waals surface area contributed by atoms with Gasteiger partial charge in [-0.2, -0.15) is 13.2 Å². The van der Waals surface area contributed by atoms with Gasteiger partial charge in [-0.3, -0.25) is 9.59 Å². The van der Waals surface area contributed by atoms with E-state index < -0.39 is 60.7 Å². The van der Waals surface area contributed by atoms with Crippen LogP contribution in [0.25, 0.3) is 0 Å². The van der Waals surface area contributed by atoms with Gasteiger partial charge in [-0.25, -0.2) is 18.9 Å². The lowest BCUT2D eigenvalue weighted by Gasteiger charge is -2.31. The summed E-state index contributed by atoms with van der Waals surface area (Å²) in [6.07, 6.45) is -5.58. The number of nitrogens with one attached hydrogen (secondary N) is 2. The first-order valence-corrected chi connectivity index (χ1v) is 13.7. The van der Waals surface area contributed by atoms with E-state index in [1.54, 1.807) is 6.07 Å². The molecule has 4 rings (SSSR count). The van der Waals surface area contributed by atoms with Gasteiger partial charge in [0.25, 0.3) is 5.91 Å². The Morgan fingerprint density at radius 1 is 1.12 bits per heavy atom. The molecule has 1 aliphatic carbocycles. The average molecular weight is 609 g/mol. The molecule has 1 heterocycles. The number of urea groups is 1. The molecule has 1 spiro atoms. The fraction of sp³-hybridized carbons (Fsp3) is 0.448. The summed E-state index contributed by atoms with van der Waals surface area (Å²) >= 11 is 0. The van der Waals surface area contributed by atoms with Gasteiger partial charge in [0.15, 0.2) is 0 Å². The highest BCUT2D eigenvalue weighted by Gasteiger charge is 2.58. The quantitative estimate of drug-likeness (QED) is 0.304. The molecule has 43 heavy (non-hydrogen) atoms. The molecule has 1 aliphatic heterocycles. The molecular formula is C29H32F4N4O6. The van der Waals surface area contributed by atoms with Gasteiger partial charge in [-0.05, 0) is 62.6 Å². The lowest BCUT2D eigenvalue weighted by molar-refractivity contribution is -0.187. The second kappa shape index (κ2) is 12.6. The summed E-state index contributed by atoms with van der Waals surface area (Å²) in [5, 5.41) is 5.34. The zero-order chi connectivity index (χ0) is 31.5. The molecule has 5 amide bonds.